The van der Waals surface area contributed by atoms with E-state index in [-0.39, 0.29) is 18.1 Å². The van der Waals surface area contributed by atoms with Crippen LogP contribution >= 0.6 is 0 Å². The summed E-state index contributed by atoms with van der Waals surface area (Å²) in [6.07, 6.45) is 3.44. The van der Waals surface area contributed by atoms with Crippen molar-refractivity contribution in [3.63, 3.8) is 0 Å². The van der Waals surface area contributed by atoms with E-state index in [1.165, 1.54) is 6.07 Å². The van der Waals surface area contributed by atoms with E-state index in [0.717, 1.165) is 22.4 Å². The summed E-state index contributed by atoms with van der Waals surface area (Å²) in [5.41, 5.74) is 2.11. The molecule has 152 valence electrons. The third kappa shape index (κ3) is 3.98. The first-order valence-corrected chi connectivity index (χ1v) is 9.88. The minimum absolute atomic E-state index is 0.0351. The molecule has 0 amide bonds. The number of aliphatic carboxylic acids is 1. The first-order chi connectivity index (χ1) is 14.0. The molecule has 0 aliphatic carbocycles. The van der Waals surface area contributed by atoms with Crippen molar-refractivity contribution in [1.82, 2.24) is 4.90 Å². The minimum atomic E-state index is -0.822. The summed E-state index contributed by atoms with van der Waals surface area (Å²) in [4.78, 5) is 12.9. The van der Waals surface area contributed by atoms with Gasteiger partial charge in [-0.05, 0) is 42.3 Å². The SMILES string of the molecule is CCOc1ccc(C2=CC3(CCN(CC(=O)O)CC3)Oc3ccccc32)cc1F. The number of likely N-dealkylation sites (tertiary alicyclic amines) is 1. The summed E-state index contributed by atoms with van der Waals surface area (Å²) in [6.45, 7) is 3.54. The molecule has 1 fully saturated rings. The van der Waals surface area contributed by atoms with Gasteiger partial charge in [-0.1, -0.05) is 24.3 Å². The number of benzene rings is 2. The predicted molar refractivity (Wildman–Crippen MR) is 108 cm³/mol. The molecule has 0 unspecified atom stereocenters. The fourth-order valence-electron chi connectivity index (χ4n) is 4.07. The van der Waals surface area contributed by atoms with Gasteiger partial charge in [0.1, 0.15) is 11.4 Å². The Balaban J connectivity index is 1.69. The van der Waals surface area contributed by atoms with Gasteiger partial charge in [-0.15, -0.1) is 0 Å². The van der Waals surface area contributed by atoms with Gasteiger partial charge in [-0.2, -0.15) is 0 Å². The van der Waals surface area contributed by atoms with Gasteiger partial charge < -0.3 is 14.6 Å². The maximum absolute atomic E-state index is 14.5. The Kier molecular flexibility index (Phi) is 5.28. The number of hydrogen-bond acceptors (Lipinski definition) is 4. The van der Waals surface area contributed by atoms with Gasteiger partial charge in [0.05, 0.1) is 13.2 Å². The van der Waals surface area contributed by atoms with Crippen LogP contribution in [0.5, 0.6) is 11.5 Å². The minimum Gasteiger partial charge on any atom is -0.491 e. The Morgan fingerprint density at radius 2 is 2.00 bits per heavy atom. The normalized spacial score (nSPS) is 17.9. The number of nitrogens with zero attached hydrogens (tertiary/aromatic N) is 1. The molecular formula is C23H24FNO4. The van der Waals surface area contributed by atoms with Gasteiger partial charge in [-0.3, -0.25) is 9.69 Å². The molecular weight excluding hydrogens is 373 g/mol. The van der Waals surface area contributed by atoms with Crippen LogP contribution in [0, 0.1) is 5.82 Å². The van der Waals surface area contributed by atoms with E-state index in [9.17, 15) is 9.18 Å². The third-order valence-electron chi connectivity index (χ3n) is 5.50. The molecule has 1 spiro atoms. The number of piperidine rings is 1. The molecule has 0 aromatic heterocycles. The second kappa shape index (κ2) is 7.87. The molecule has 2 heterocycles. The van der Waals surface area contributed by atoms with E-state index in [2.05, 4.69) is 6.08 Å². The van der Waals surface area contributed by atoms with E-state index in [0.29, 0.717) is 32.5 Å². The van der Waals surface area contributed by atoms with Crippen molar-refractivity contribution >= 4 is 11.5 Å². The second-order valence-electron chi connectivity index (χ2n) is 7.47. The Labute approximate surface area is 169 Å². The van der Waals surface area contributed by atoms with Crippen LogP contribution in [0.1, 0.15) is 30.9 Å². The molecule has 2 aliphatic heterocycles. The number of hydrogen-bond donors (Lipinski definition) is 1. The van der Waals surface area contributed by atoms with Crippen LogP contribution in [0.15, 0.2) is 48.5 Å². The van der Waals surface area contributed by atoms with E-state index in [1.54, 1.807) is 6.07 Å². The van der Waals surface area contributed by atoms with Gasteiger partial charge in [0.25, 0.3) is 0 Å². The van der Waals surface area contributed by atoms with E-state index < -0.39 is 11.6 Å². The topological polar surface area (TPSA) is 59.0 Å². The van der Waals surface area contributed by atoms with Gasteiger partial charge in [0.15, 0.2) is 11.6 Å². The van der Waals surface area contributed by atoms with Gasteiger partial charge in [0.2, 0.25) is 0 Å². The Hall–Kier alpha value is -2.86. The number of rotatable bonds is 5. The number of carbonyl (C=O) groups is 1. The number of carboxylic acid groups (broad SMARTS) is 1. The van der Waals surface area contributed by atoms with Crippen molar-refractivity contribution in [2.24, 2.45) is 0 Å². The molecule has 0 bridgehead atoms. The van der Waals surface area contributed by atoms with Gasteiger partial charge >= 0.3 is 5.97 Å². The van der Waals surface area contributed by atoms with Crippen LogP contribution in [-0.4, -0.2) is 47.8 Å². The maximum Gasteiger partial charge on any atom is 0.317 e. The molecule has 4 rings (SSSR count). The standard InChI is InChI=1S/C23H24FNO4/c1-2-28-21-8-7-16(13-19(21)24)18-14-23(29-20-6-4-3-5-17(18)20)9-11-25(12-10-23)15-22(26)27/h3-8,13-14H,2,9-12,15H2,1H3,(H,26,27). The average Bonchev–Trinajstić information content (AvgIpc) is 2.71. The molecule has 6 heteroatoms. The summed E-state index contributed by atoms with van der Waals surface area (Å²) in [6, 6.07) is 12.8. The highest BCUT2D eigenvalue weighted by Gasteiger charge is 2.39. The molecule has 0 radical (unpaired) electrons. The molecule has 29 heavy (non-hydrogen) atoms. The molecule has 1 N–H and O–H groups in total. The van der Waals surface area contributed by atoms with Crippen LogP contribution in [0.2, 0.25) is 0 Å². The first kappa shape index (κ1) is 19.5. The van der Waals surface area contributed by atoms with E-state index in [1.807, 2.05) is 42.2 Å². The molecule has 2 aliphatic rings. The summed E-state index contributed by atoms with van der Waals surface area (Å²) < 4.78 is 26.2. The summed E-state index contributed by atoms with van der Waals surface area (Å²) in [5, 5.41) is 9.04. The maximum atomic E-state index is 14.5. The van der Waals surface area contributed by atoms with Crippen molar-refractivity contribution in [2.75, 3.05) is 26.2 Å². The van der Waals surface area contributed by atoms with Crippen LogP contribution in [0.3, 0.4) is 0 Å². The molecule has 2 aromatic carbocycles. The molecule has 2 aromatic rings. The predicted octanol–water partition coefficient (Wildman–Crippen LogP) is 3.97. The Morgan fingerprint density at radius 3 is 2.69 bits per heavy atom. The number of halogens is 1. The van der Waals surface area contributed by atoms with Gasteiger partial charge in [0, 0.05) is 31.5 Å². The van der Waals surface area contributed by atoms with E-state index >= 15 is 0 Å². The zero-order valence-corrected chi connectivity index (χ0v) is 16.4. The Morgan fingerprint density at radius 1 is 1.24 bits per heavy atom. The largest absolute Gasteiger partial charge is 0.491 e. The molecule has 0 saturated carbocycles. The van der Waals surface area contributed by atoms with Crippen molar-refractivity contribution in [3.05, 3.63) is 65.5 Å². The van der Waals surface area contributed by atoms with Crippen molar-refractivity contribution < 1.29 is 23.8 Å². The monoisotopic (exact) mass is 397 g/mol. The van der Waals surface area contributed by atoms with Crippen molar-refractivity contribution in [1.29, 1.82) is 0 Å². The first-order valence-electron chi connectivity index (χ1n) is 9.88. The zero-order valence-electron chi connectivity index (χ0n) is 16.4. The van der Waals surface area contributed by atoms with Crippen LogP contribution in [0.25, 0.3) is 5.57 Å². The van der Waals surface area contributed by atoms with Crippen LogP contribution in [0.4, 0.5) is 4.39 Å². The zero-order chi connectivity index (χ0) is 20.4. The van der Waals surface area contributed by atoms with Crippen molar-refractivity contribution in [2.45, 2.75) is 25.4 Å². The lowest BCUT2D eigenvalue weighted by molar-refractivity contribution is -0.139. The summed E-state index contributed by atoms with van der Waals surface area (Å²) >= 11 is 0. The number of carboxylic acids is 1. The summed E-state index contributed by atoms with van der Waals surface area (Å²) in [5.74, 6) is -0.198. The Bertz CT molecular complexity index is 948. The summed E-state index contributed by atoms with van der Waals surface area (Å²) in [7, 11) is 0. The van der Waals surface area contributed by atoms with Gasteiger partial charge in [-0.25, -0.2) is 4.39 Å². The third-order valence-corrected chi connectivity index (χ3v) is 5.50. The number of ether oxygens (including phenoxy) is 2. The fraction of sp³-hybridized carbons (Fsp3) is 0.348. The average molecular weight is 397 g/mol. The van der Waals surface area contributed by atoms with Crippen LogP contribution in [-0.2, 0) is 4.79 Å². The lowest BCUT2D eigenvalue weighted by Gasteiger charge is -2.42. The quantitative estimate of drug-likeness (QED) is 0.827. The van der Waals surface area contributed by atoms with Crippen LogP contribution < -0.4 is 9.47 Å². The highest BCUT2D eigenvalue weighted by molar-refractivity contribution is 5.85. The van der Waals surface area contributed by atoms with E-state index in [4.69, 9.17) is 14.6 Å². The highest BCUT2D eigenvalue weighted by atomic mass is 19.1. The highest BCUT2D eigenvalue weighted by Crippen LogP contribution is 2.43. The number of fused-ring (bicyclic) bond motifs is 1. The lowest BCUT2D eigenvalue weighted by Crippen LogP contribution is -2.49. The molecule has 1 saturated heterocycles. The lowest BCUT2D eigenvalue weighted by atomic mass is 9.83. The fourth-order valence-corrected chi connectivity index (χ4v) is 4.07. The molecule has 0 atom stereocenters. The number of para-hydroxylation sites is 1. The molecule has 5 nitrogen and oxygen atoms in total. The smallest absolute Gasteiger partial charge is 0.317 e. The van der Waals surface area contributed by atoms with Crippen molar-refractivity contribution in [3.8, 4) is 11.5 Å². The second-order valence-corrected chi connectivity index (χ2v) is 7.47.